The third kappa shape index (κ3) is 1.76. The Morgan fingerprint density at radius 2 is 1.83 bits per heavy atom. The standard InChI is InChI=1S/C19H21FO4/c1-17-8-7-12(21)9-11(17)3-4-14-13-5-6-16(23)24-18(13,2)10-15(22)19(14,17)20/h7-9,13-14H,3-6,10H2,1-2H3/t13-,14+,17-,18+,19-/m0/s1. The molecule has 4 aliphatic rings. The van der Waals surface area contributed by atoms with Crippen molar-refractivity contribution in [3.05, 3.63) is 23.8 Å². The van der Waals surface area contributed by atoms with Gasteiger partial charge in [0.25, 0.3) is 0 Å². The summed E-state index contributed by atoms with van der Waals surface area (Å²) in [5.74, 6) is -1.62. The zero-order valence-corrected chi connectivity index (χ0v) is 13.9. The molecule has 2 saturated carbocycles. The Morgan fingerprint density at radius 3 is 2.58 bits per heavy atom. The van der Waals surface area contributed by atoms with Crippen molar-refractivity contribution in [2.75, 3.05) is 0 Å². The van der Waals surface area contributed by atoms with Gasteiger partial charge in [0.2, 0.25) is 0 Å². The van der Waals surface area contributed by atoms with Gasteiger partial charge < -0.3 is 4.74 Å². The van der Waals surface area contributed by atoms with E-state index in [0.29, 0.717) is 24.8 Å². The van der Waals surface area contributed by atoms with Crippen molar-refractivity contribution >= 4 is 17.5 Å². The summed E-state index contributed by atoms with van der Waals surface area (Å²) in [6, 6.07) is 0. The van der Waals surface area contributed by atoms with E-state index in [2.05, 4.69) is 0 Å². The molecule has 0 N–H and O–H groups in total. The van der Waals surface area contributed by atoms with Gasteiger partial charge in [0.05, 0.1) is 0 Å². The minimum absolute atomic E-state index is 0.0962. The molecule has 5 atom stereocenters. The average Bonchev–Trinajstić information content (AvgIpc) is 2.49. The third-order valence-corrected chi connectivity index (χ3v) is 6.75. The first kappa shape index (κ1) is 15.7. The number of hydrogen-bond donors (Lipinski definition) is 0. The Labute approximate surface area is 140 Å². The first-order chi connectivity index (χ1) is 11.2. The van der Waals surface area contributed by atoms with Crippen LogP contribution in [-0.2, 0) is 19.1 Å². The number of carbonyl (C=O) groups excluding carboxylic acids is 3. The molecule has 4 nitrogen and oxygen atoms in total. The van der Waals surface area contributed by atoms with Gasteiger partial charge in [-0.1, -0.05) is 11.6 Å². The summed E-state index contributed by atoms with van der Waals surface area (Å²) in [6.45, 7) is 3.49. The number of ketones is 2. The van der Waals surface area contributed by atoms with Gasteiger partial charge >= 0.3 is 5.97 Å². The molecule has 0 aromatic heterocycles. The monoisotopic (exact) mass is 332 g/mol. The van der Waals surface area contributed by atoms with Crippen molar-refractivity contribution in [2.24, 2.45) is 17.3 Å². The number of esters is 1. The van der Waals surface area contributed by atoms with Gasteiger partial charge in [-0.2, -0.15) is 0 Å². The minimum Gasteiger partial charge on any atom is -0.459 e. The lowest BCUT2D eigenvalue weighted by Crippen LogP contribution is -2.68. The molecule has 24 heavy (non-hydrogen) atoms. The Bertz CT molecular complexity index is 723. The topological polar surface area (TPSA) is 60.4 Å². The van der Waals surface area contributed by atoms with Crippen molar-refractivity contribution in [3.8, 4) is 0 Å². The van der Waals surface area contributed by atoms with Gasteiger partial charge in [-0.25, -0.2) is 4.39 Å². The number of rotatable bonds is 0. The molecule has 1 aliphatic heterocycles. The quantitative estimate of drug-likeness (QED) is 0.640. The Hall–Kier alpha value is -1.78. The van der Waals surface area contributed by atoms with Crippen LogP contribution in [0, 0.1) is 17.3 Å². The van der Waals surface area contributed by atoms with E-state index in [1.165, 1.54) is 12.2 Å². The average molecular weight is 332 g/mol. The van der Waals surface area contributed by atoms with E-state index in [4.69, 9.17) is 4.74 Å². The molecule has 0 aromatic rings. The molecular formula is C19H21FO4. The first-order valence-corrected chi connectivity index (χ1v) is 8.59. The predicted octanol–water partition coefficient (Wildman–Crippen LogP) is 2.86. The summed E-state index contributed by atoms with van der Waals surface area (Å²) < 4.78 is 21.9. The number of ether oxygens (including phenoxy) is 1. The summed E-state index contributed by atoms with van der Waals surface area (Å²) in [6.07, 6.45) is 6.26. The lowest BCUT2D eigenvalue weighted by molar-refractivity contribution is -0.207. The van der Waals surface area contributed by atoms with Crippen LogP contribution in [0.5, 0.6) is 0 Å². The maximum absolute atomic E-state index is 16.4. The summed E-state index contributed by atoms with van der Waals surface area (Å²) in [4.78, 5) is 36.4. The molecular weight excluding hydrogens is 311 g/mol. The van der Waals surface area contributed by atoms with E-state index < -0.39 is 28.4 Å². The Kier molecular flexibility index (Phi) is 3.04. The van der Waals surface area contributed by atoms with Gasteiger partial charge in [-0.3, -0.25) is 14.4 Å². The SMILES string of the molecule is C[C@@]12CC(=O)[C@@]3(F)[C@H](CCC4=CC(=O)C=C[C@@]43C)[C@@H]1CCC(=O)O2. The van der Waals surface area contributed by atoms with Crippen LogP contribution in [0.25, 0.3) is 0 Å². The number of allylic oxidation sites excluding steroid dienone is 4. The van der Waals surface area contributed by atoms with Gasteiger partial charge in [0.15, 0.2) is 17.2 Å². The molecule has 0 radical (unpaired) electrons. The highest BCUT2D eigenvalue weighted by atomic mass is 19.1. The van der Waals surface area contributed by atoms with Crippen molar-refractivity contribution in [1.82, 2.24) is 0 Å². The van der Waals surface area contributed by atoms with E-state index in [1.807, 2.05) is 0 Å². The Balaban J connectivity index is 1.82. The number of fused-ring (bicyclic) bond motifs is 5. The summed E-state index contributed by atoms with van der Waals surface area (Å²) >= 11 is 0. The van der Waals surface area contributed by atoms with Crippen LogP contribution in [-0.4, -0.2) is 28.8 Å². The molecule has 1 heterocycles. The molecule has 0 bridgehead atoms. The third-order valence-electron chi connectivity index (χ3n) is 6.75. The second-order valence-corrected chi connectivity index (χ2v) is 8.00. The van der Waals surface area contributed by atoms with Crippen LogP contribution < -0.4 is 0 Å². The molecule has 5 heteroatoms. The molecule has 3 aliphatic carbocycles. The highest BCUT2D eigenvalue weighted by molar-refractivity contribution is 6.02. The van der Waals surface area contributed by atoms with Crippen LogP contribution in [0.3, 0.4) is 0 Å². The molecule has 1 saturated heterocycles. The van der Waals surface area contributed by atoms with Gasteiger partial charge in [0, 0.05) is 30.1 Å². The zero-order valence-electron chi connectivity index (χ0n) is 13.9. The van der Waals surface area contributed by atoms with Crippen LogP contribution in [0.2, 0.25) is 0 Å². The number of alkyl halides is 1. The molecule has 128 valence electrons. The molecule has 0 amide bonds. The maximum Gasteiger partial charge on any atom is 0.306 e. The van der Waals surface area contributed by atoms with Crippen molar-refractivity contribution in [3.63, 3.8) is 0 Å². The Morgan fingerprint density at radius 1 is 1.12 bits per heavy atom. The van der Waals surface area contributed by atoms with Gasteiger partial charge in [-0.05, 0) is 45.3 Å². The fraction of sp³-hybridized carbons (Fsp3) is 0.632. The highest BCUT2D eigenvalue weighted by Crippen LogP contribution is 2.63. The van der Waals surface area contributed by atoms with E-state index in [1.54, 1.807) is 19.9 Å². The zero-order chi connectivity index (χ0) is 17.3. The number of halogens is 1. The molecule has 0 aromatic carbocycles. The predicted molar refractivity (Wildman–Crippen MR) is 83.7 cm³/mol. The van der Waals surface area contributed by atoms with Crippen molar-refractivity contribution in [2.45, 2.75) is 57.2 Å². The first-order valence-electron chi connectivity index (χ1n) is 8.59. The fourth-order valence-electron chi connectivity index (χ4n) is 5.49. The van der Waals surface area contributed by atoms with Crippen molar-refractivity contribution in [1.29, 1.82) is 0 Å². The fourth-order valence-corrected chi connectivity index (χ4v) is 5.49. The minimum atomic E-state index is -2.04. The van der Waals surface area contributed by atoms with Crippen LogP contribution in [0.15, 0.2) is 23.8 Å². The molecule has 0 unspecified atom stereocenters. The molecule has 4 rings (SSSR count). The second-order valence-electron chi connectivity index (χ2n) is 8.00. The largest absolute Gasteiger partial charge is 0.459 e. The molecule has 0 spiro atoms. The number of carbonyl (C=O) groups is 3. The summed E-state index contributed by atoms with van der Waals surface area (Å²) in [5.41, 5.74) is -3.32. The second kappa shape index (κ2) is 4.64. The van der Waals surface area contributed by atoms with E-state index in [-0.39, 0.29) is 30.5 Å². The van der Waals surface area contributed by atoms with Gasteiger partial charge in [0.1, 0.15) is 5.60 Å². The van der Waals surface area contributed by atoms with E-state index in [0.717, 1.165) is 0 Å². The lowest BCUT2D eigenvalue weighted by atomic mass is 9.47. The smallest absolute Gasteiger partial charge is 0.306 e. The van der Waals surface area contributed by atoms with Crippen LogP contribution in [0.1, 0.15) is 46.0 Å². The summed E-state index contributed by atoms with van der Waals surface area (Å²) in [5, 5.41) is 0. The normalized spacial score (nSPS) is 47.3. The van der Waals surface area contributed by atoms with Crippen molar-refractivity contribution < 1.29 is 23.5 Å². The number of hydrogen-bond acceptors (Lipinski definition) is 4. The number of Topliss-reactive ketones (excluding diaryl/α,β-unsaturated/α-hetero) is 1. The van der Waals surface area contributed by atoms with Crippen LogP contribution in [0.4, 0.5) is 4.39 Å². The molecule has 3 fully saturated rings. The van der Waals surface area contributed by atoms with E-state index in [9.17, 15) is 14.4 Å². The van der Waals surface area contributed by atoms with Gasteiger partial charge in [-0.15, -0.1) is 0 Å². The summed E-state index contributed by atoms with van der Waals surface area (Å²) in [7, 11) is 0. The lowest BCUT2D eigenvalue weighted by Gasteiger charge is -2.59. The van der Waals surface area contributed by atoms with E-state index >= 15 is 4.39 Å². The van der Waals surface area contributed by atoms with Crippen LogP contribution >= 0.6 is 0 Å². The highest BCUT2D eigenvalue weighted by Gasteiger charge is 2.70. The maximum atomic E-state index is 16.4.